The van der Waals surface area contributed by atoms with Crippen LogP contribution in [-0.4, -0.2) is 38.1 Å². The summed E-state index contributed by atoms with van der Waals surface area (Å²) in [5.41, 5.74) is 0. The third kappa shape index (κ3) is 4.17. The van der Waals surface area contributed by atoms with E-state index >= 15 is 0 Å². The van der Waals surface area contributed by atoms with Crippen molar-refractivity contribution in [3.05, 3.63) is 30.7 Å². The van der Waals surface area contributed by atoms with Crippen LogP contribution in [0, 0.1) is 0 Å². The Morgan fingerprint density at radius 1 is 1.32 bits per heavy atom. The molecular weight excluding hydrogens is 280 g/mol. The first-order valence-corrected chi connectivity index (χ1v) is 7.66. The lowest BCUT2D eigenvalue weighted by Gasteiger charge is -2.21. The van der Waals surface area contributed by atoms with Crippen LogP contribution in [-0.2, 0) is 11.3 Å². The van der Waals surface area contributed by atoms with E-state index in [1.165, 1.54) is 0 Å². The number of rotatable bonds is 8. The Bertz CT molecular complexity index is 577. The van der Waals surface area contributed by atoms with Gasteiger partial charge in [-0.1, -0.05) is 6.92 Å². The molecule has 22 heavy (non-hydrogen) atoms. The van der Waals surface area contributed by atoms with Crippen LogP contribution in [0.25, 0.3) is 0 Å². The average molecular weight is 304 g/mol. The van der Waals surface area contributed by atoms with Gasteiger partial charge in [-0.3, -0.25) is 9.48 Å². The Morgan fingerprint density at radius 2 is 2.14 bits per heavy atom. The van der Waals surface area contributed by atoms with Crippen LogP contribution in [0.5, 0.6) is 0 Å². The zero-order valence-electron chi connectivity index (χ0n) is 13.4. The van der Waals surface area contributed by atoms with Crippen LogP contribution in [0.2, 0.25) is 0 Å². The molecule has 0 spiro atoms. The topological polar surface area (TPSA) is 76.8 Å². The van der Waals surface area contributed by atoms with E-state index in [4.69, 9.17) is 0 Å². The summed E-state index contributed by atoms with van der Waals surface area (Å²) in [4.78, 5) is 12.0. The first-order chi connectivity index (χ1) is 10.6. The second-order valence-corrected chi connectivity index (χ2v) is 5.38. The number of carbonyl (C=O) groups excluding carboxylic acids is 1. The fourth-order valence-electron chi connectivity index (χ4n) is 2.19. The molecule has 0 aromatic carbocycles. The van der Waals surface area contributed by atoms with Gasteiger partial charge in [0.2, 0.25) is 5.91 Å². The molecule has 1 amide bonds. The molecule has 2 rings (SSSR count). The number of aromatic nitrogens is 4. The smallest absolute Gasteiger partial charge is 0.239 e. The summed E-state index contributed by atoms with van der Waals surface area (Å²) in [7, 11) is 0. The molecule has 2 aromatic rings. The third-order valence-electron chi connectivity index (χ3n) is 3.67. The van der Waals surface area contributed by atoms with Gasteiger partial charge in [0.05, 0.1) is 18.8 Å². The number of anilines is 1. The zero-order chi connectivity index (χ0) is 15.9. The highest BCUT2D eigenvalue weighted by molar-refractivity contribution is 5.91. The van der Waals surface area contributed by atoms with Crippen LogP contribution in [0.15, 0.2) is 30.7 Å². The number of nitrogens with zero attached hydrogens (tertiary/aromatic N) is 4. The van der Waals surface area contributed by atoms with E-state index < -0.39 is 0 Å². The first-order valence-electron chi connectivity index (χ1n) is 7.66. The Morgan fingerprint density at radius 3 is 2.82 bits per heavy atom. The quantitative estimate of drug-likeness (QED) is 0.778. The van der Waals surface area contributed by atoms with E-state index in [-0.39, 0.29) is 24.5 Å². The van der Waals surface area contributed by atoms with Crippen molar-refractivity contribution in [2.24, 2.45) is 0 Å². The maximum Gasteiger partial charge on any atom is 0.239 e. The highest BCUT2D eigenvalue weighted by atomic mass is 16.2. The van der Waals surface area contributed by atoms with Gasteiger partial charge in [-0.25, -0.2) is 4.68 Å². The average Bonchev–Trinajstić information content (AvgIpc) is 3.17. The van der Waals surface area contributed by atoms with Crippen molar-refractivity contribution in [2.45, 2.75) is 45.8 Å². The SMILES string of the molecule is CCCn1nccc1NC(=O)CNC(C)C(C)n1cccn1. The number of amides is 1. The molecule has 2 aromatic heterocycles. The highest BCUT2D eigenvalue weighted by Crippen LogP contribution is 2.09. The number of hydrogen-bond acceptors (Lipinski definition) is 4. The normalized spacial score (nSPS) is 13.8. The lowest BCUT2D eigenvalue weighted by molar-refractivity contribution is -0.115. The molecular formula is C15H24N6O. The fraction of sp³-hybridized carbons (Fsp3) is 0.533. The molecule has 0 radical (unpaired) electrons. The Hall–Kier alpha value is -2.15. The lowest BCUT2D eigenvalue weighted by Crippen LogP contribution is -2.39. The summed E-state index contributed by atoms with van der Waals surface area (Å²) < 4.78 is 3.68. The van der Waals surface area contributed by atoms with Crippen LogP contribution in [0.3, 0.4) is 0 Å². The third-order valence-corrected chi connectivity index (χ3v) is 3.67. The highest BCUT2D eigenvalue weighted by Gasteiger charge is 2.15. The van der Waals surface area contributed by atoms with Gasteiger partial charge >= 0.3 is 0 Å². The van der Waals surface area contributed by atoms with Gasteiger partial charge < -0.3 is 10.6 Å². The molecule has 0 aliphatic rings. The molecule has 2 unspecified atom stereocenters. The van der Waals surface area contributed by atoms with Crippen molar-refractivity contribution in [3.8, 4) is 0 Å². The summed E-state index contributed by atoms with van der Waals surface area (Å²) in [6.45, 7) is 7.24. The van der Waals surface area contributed by atoms with Gasteiger partial charge in [-0.2, -0.15) is 10.2 Å². The minimum atomic E-state index is -0.0719. The monoisotopic (exact) mass is 304 g/mol. The predicted molar refractivity (Wildman–Crippen MR) is 85.6 cm³/mol. The van der Waals surface area contributed by atoms with Crippen LogP contribution >= 0.6 is 0 Å². The van der Waals surface area contributed by atoms with Crippen molar-refractivity contribution in [3.63, 3.8) is 0 Å². The Labute approximate surface area is 130 Å². The minimum absolute atomic E-state index is 0.0719. The van der Waals surface area contributed by atoms with Gasteiger partial charge in [0.25, 0.3) is 0 Å². The van der Waals surface area contributed by atoms with Gasteiger partial charge in [0.15, 0.2) is 0 Å². The maximum absolute atomic E-state index is 12.0. The van der Waals surface area contributed by atoms with Crippen LogP contribution in [0.4, 0.5) is 5.82 Å². The second kappa shape index (κ2) is 7.74. The molecule has 0 bridgehead atoms. The molecule has 0 aliphatic carbocycles. The molecule has 7 nitrogen and oxygen atoms in total. The number of carbonyl (C=O) groups is 1. The van der Waals surface area contributed by atoms with Gasteiger partial charge in [-0.15, -0.1) is 0 Å². The lowest BCUT2D eigenvalue weighted by atomic mass is 10.2. The number of aryl methyl sites for hydroxylation is 1. The molecule has 0 saturated heterocycles. The fourth-order valence-corrected chi connectivity index (χ4v) is 2.19. The molecule has 0 fully saturated rings. The van der Waals surface area contributed by atoms with E-state index in [9.17, 15) is 4.79 Å². The van der Waals surface area contributed by atoms with E-state index in [1.807, 2.05) is 29.9 Å². The van der Waals surface area contributed by atoms with Crippen molar-refractivity contribution < 1.29 is 4.79 Å². The van der Waals surface area contributed by atoms with Crippen molar-refractivity contribution in [2.75, 3.05) is 11.9 Å². The van der Waals surface area contributed by atoms with Crippen molar-refractivity contribution in [1.82, 2.24) is 24.9 Å². The largest absolute Gasteiger partial charge is 0.310 e. The van der Waals surface area contributed by atoms with E-state index in [1.54, 1.807) is 17.1 Å². The summed E-state index contributed by atoms with van der Waals surface area (Å²) >= 11 is 0. The van der Waals surface area contributed by atoms with Crippen molar-refractivity contribution in [1.29, 1.82) is 0 Å². The van der Waals surface area contributed by atoms with Gasteiger partial charge in [-0.05, 0) is 26.3 Å². The molecule has 2 N–H and O–H groups in total. The predicted octanol–water partition coefficient (Wildman–Crippen LogP) is 1.67. The van der Waals surface area contributed by atoms with Gasteiger partial charge in [0.1, 0.15) is 5.82 Å². The molecule has 2 heterocycles. The van der Waals surface area contributed by atoms with E-state index in [2.05, 4.69) is 34.7 Å². The number of nitrogens with one attached hydrogen (secondary N) is 2. The minimum Gasteiger partial charge on any atom is -0.310 e. The molecule has 7 heteroatoms. The Kier molecular flexibility index (Phi) is 5.71. The molecule has 0 saturated carbocycles. The first kappa shape index (κ1) is 16.2. The van der Waals surface area contributed by atoms with E-state index in [0.29, 0.717) is 0 Å². The van der Waals surface area contributed by atoms with Crippen LogP contribution in [0.1, 0.15) is 33.2 Å². The van der Waals surface area contributed by atoms with Crippen molar-refractivity contribution >= 4 is 11.7 Å². The molecule has 0 aliphatic heterocycles. The summed E-state index contributed by atoms with van der Waals surface area (Å²) in [5.74, 6) is 0.666. The van der Waals surface area contributed by atoms with E-state index in [0.717, 1.165) is 18.8 Å². The summed E-state index contributed by atoms with van der Waals surface area (Å²) in [5, 5.41) is 14.5. The molecule has 120 valence electrons. The Balaban J connectivity index is 1.81. The second-order valence-electron chi connectivity index (χ2n) is 5.38. The van der Waals surface area contributed by atoms with Gasteiger partial charge in [0, 0.05) is 31.0 Å². The summed E-state index contributed by atoms with van der Waals surface area (Å²) in [6.07, 6.45) is 6.35. The molecule has 2 atom stereocenters. The maximum atomic E-state index is 12.0. The number of hydrogen-bond donors (Lipinski definition) is 2. The van der Waals surface area contributed by atoms with Crippen LogP contribution < -0.4 is 10.6 Å². The summed E-state index contributed by atoms with van der Waals surface area (Å²) in [6, 6.07) is 4.01. The standard InChI is InChI=1S/C15H24N6O/c1-4-9-21-14(6-8-18-21)19-15(22)11-16-12(2)13(3)20-10-5-7-17-20/h5-8,10,12-13,16H,4,9,11H2,1-3H3,(H,19,22). The zero-order valence-corrected chi connectivity index (χ0v) is 13.4.